The second-order valence-electron chi connectivity index (χ2n) is 4.16. The monoisotopic (exact) mass is 265 g/mol. The molecule has 0 aliphatic carbocycles. The maximum atomic E-state index is 13.2. The number of terminal acetylenes is 1. The number of nitrogens with zero attached hydrogens (tertiary/aromatic N) is 1. The van der Waals surface area contributed by atoms with E-state index in [1.165, 1.54) is 0 Å². The van der Waals surface area contributed by atoms with Gasteiger partial charge in [0, 0.05) is 24.9 Å². The zero-order valence-electron chi connectivity index (χ0n) is 9.69. The molecule has 0 bridgehead atoms. The molecule has 1 atom stereocenters. The highest BCUT2D eigenvalue weighted by molar-refractivity contribution is 6.03. The first-order valence-corrected chi connectivity index (χ1v) is 5.43. The highest BCUT2D eigenvalue weighted by atomic mass is 19.2. The summed E-state index contributed by atoms with van der Waals surface area (Å²) in [4.78, 5) is 23.8. The molecule has 1 N–H and O–H groups in total. The van der Waals surface area contributed by atoms with Gasteiger partial charge in [0.05, 0.1) is 11.3 Å². The molecule has 1 saturated heterocycles. The van der Waals surface area contributed by atoms with E-state index in [0.29, 0.717) is 12.1 Å². The number of hydrogen-bond donors (Lipinski definition) is 1. The Labute approximate surface area is 107 Å². The third-order valence-corrected chi connectivity index (χ3v) is 2.92. The SMILES string of the molecule is C#CC1CC(=O)N(c2cc(F)c(F)cc2C(=O)O)C1. The maximum Gasteiger partial charge on any atom is 0.337 e. The number of carbonyl (C=O) groups is 2. The van der Waals surface area contributed by atoms with Crippen LogP contribution in [0.5, 0.6) is 0 Å². The molecular formula is C13H9F2NO3. The van der Waals surface area contributed by atoms with Crippen LogP contribution in [-0.4, -0.2) is 23.5 Å². The average Bonchev–Trinajstić information content (AvgIpc) is 2.73. The van der Waals surface area contributed by atoms with Crippen molar-refractivity contribution in [1.29, 1.82) is 0 Å². The summed E-state index contributed by atoms with van der Waals surface area (Å²) in [6.45, 7) is 0.0979. The topological polar surface area (TPSA) is 57.6 Å². The van der Waals surface area contributed by atoms with Crippen molar-refractivity contribution in [1.82, 2.24) is 0 Å². The minimum Gasteiger partial charge on any atom is -0.478 e. The van der Waals surface area contributed by atoms with Gasteiger partial charge >= 0.3 is 5.97 Å². The molecule has 1 aliphatic heterocycles. The first-order chi connectivity index (χ1) is 8.93. The van der Waals surface area contributed by atoms with E-state index in [1.54, 1.807) is 0 Å². The number of rotatable bonds is 2. The lowest BCUT2D eigenvalue weighted by molar-refractivity contribution is -0.117. The number of carboxylic acids is 1. The molecule has 6 heteroatoms. The highest BCUT2D eigenvalue weighted by Gasteiger charge is 2.32. The van der Waals surface area contributed by atoms with Crippen LogP contribution in [0.2, 0.25) is 0 Å². The van der Waals surface area contributed by atoms with Crippen molar-refractivity contribution in [3.8, 4) is 12.3 Å². The Balaban J connectivity index is 2.50. The van der Waals surface area contributed by atoms with Gasteiger partial charge in [0.2, 0.25) is 5.91 Å². The quantitative estimate of drug-likeness (QED) is 0.827. The Morgan fingerprint density at radius 1 is 1.42 bits per heavy atom. The number of hydrogen-bond acceptors (Lipinski definition) is 2. The van der Waals surface area contributed by atoms with Crippen molar-refractivity contribution in [3.63, 3.8) is 0 Å². The number of carbonyl (C=O) groups excluding carboxylic acids is 1. The first kappa shape index (κ1) is 13.0. The van der Waals surface area contributed by atoms with E-state index in [1.807, 2.05) is 0 Å². The number of halogens is 2. The minimum atomic E-state index is -1.44. The van der Waals surface area contributed by atoms with Crippen LogP contribution in [0.15, 0.2) is 12.1 Å². The molecule has 1 fully saturated rings. The fraction of sp³-hybridized carbons (Fsp3) is 0.231. The van der Waals surface area contributed by atoms with Gasteiger partial charge in [0.25, 0.3) is 0 Å². The lowest BCUT2D eigenvalue weighted by Gasteiger charge is -2.18. The molecule has 0 aromatic heterocycles. The first-order valence-electron chi connectivity index (χ1n) is 5.43. The molecule has 0 radical (unpaired) electrons. The molecule has 4 nitrogen and oxygen atoms in total. The van der Waals surface area contributed by atoms with Gasteiger partial charge in [0.15, 0.2) is 11.6 Å². The number of aromatic carboxylic acids is 1. The predicted octanol–water partition coefficient (Wildman–Crippen LogP) is 1.65. The van der Waals surface area contributed by atoms with Crippen LogP contribution in [0.25, 0.3) is 0 Å². The summed E-state index contributed by atoms with van der Waals surface area (Å²) in [6.07, 6.45) is 5.27. The summed E-state index contributed by atoms with van der Waals surface area (Å²) in [6, 6.07) is 1.26. The van der Waals surface area contributed by atoms with E-state index in [-0.39, 0.29) is 24.6 Å². The van der Waals surface area contributed by atoms with Gasteiger partial charge in [0.1, 0.15) is 0 Å². The smallest absolute Gasteiger partial charge is 0.337 e. The third kappa shape index (κ3) is 2.27. The van der Waals surface area contributed by atoms with Gasteiger partial charge < -0.3 is 10.0 Å². The molecule has 1 amide bonds. The predicted molar refractivity (Wildman–Crippen MR) is 62.6 cm³/mol. The zero-order chi connectivity index (χ0) is 14.2. The van der Waals surface area contributed by atoms with Crippen molar-refractivity contribution in [2.75, 3.05) is 11.4 Å². The Bertz CT molecular complexity index is 607. The number of carboxylic acid groups (broad SMARTS) is 1. The highest BCUT2D eigenvalue weighted by Crippen LogP contribution is 2.29. The van der Waals surface area contributed by atoms with Crippen molar-refractivity contribution in [2.24, 2.45) is 5.92 Å². The summed E-state index contributed by atoms with van der Waals surface area (Å²) in [5.41, 5.74) is -0.640. The van der Waals surface area contributed by atoms with Gasteiger partial charge in [-0.2, -0.15) is 0 Å². The lowest BCUT2D eigenvalue weighted by Crippen LogP contribution is -2.26. The Kier molecular flexibility index (Phi) is 3.21. The van der Waals surface area contributed by atoms with E-state index in [9.17, 15) is 18.4 Å². The van der Waals surface area contributed by atoms with E-state index in [4.69, 9.17) is 11.5 Å². The summed E-state index contributed by atoms with van der Waals surface area (Å²) in [7, 11) is 0. The molecule has 1 aromatic carbocycles. The molecular weight excluding hydrogens is 256 g/mol. The van der Waals surface area contributed by atoms with E-state index in [0.717, 1.165) is 4.90 Å². The molecule has 1 aliphatic rings. The van der Waals surface area contributed by atoms with E-state index < -0.39 is 29.1 Å². The van der Waals surface area contributed by atoms with E-state index >= 15 is 0 Å². The molecule has 19 heavy (non-hydrogen) atoms. The molecule has 2 rings (SSSR count). The maximum absolute atomic E-state index is 13.2. The lowest BCUT2D eigenvalue weighted by atomic mass is 10.1. The van der Waals surface area contributed by atoms with Gasteiger partial charge in [-0.1, -0.05) is 0 Å². The van der Waals surface area contributed by atoms with Crippen LogP contribution in [0.1, 0.15) is 16.8 Å². The van der Waals surface area contributed by atoms with Crippen LogP contribution < -0.4 is 4.90 Å². The molecule has 98 valence electrons. The van der Waals surface area contributed by atoms with Crippen LogP contribution in [-0.2, 0) is 4.79 Å². The van der Waals surface area contributed by atoms with Crippen LogP contribution >= 0.6 is 0 Å². The molecule has 0 spiro atoms. The van der Waals surface area contributed by atoms with Crippen LogP contribution in [0.4, 0.5) is 14.5 Å². The molecule has 1 unspecified atom stereocenters. The Morgan fingerprint density at radius 2 is 2.05 bits per heavy atom. The molecule has 1 aromatic rings. The normalized spacial score (nSPS) is 18.5. The second kappa shape index (κ2) is 4.69. The van der Waals surface area contributed by atoms with Crippen molar-refractivity contribution in [2.45, 2.75) is 6.42 Å². The summed E-state index contributed by atoms with van der Waals surface area (Å²) < 4.78 is 26.3. The van der Waals surface area contributed by atoms with Gasteiger partial charge in [-0.15, -0.1) is 12.3 Å². The van der Waals surface area contributed by atoms with Crippen LogP contribution in [0.3, 0.4) is 0 Å². The van der Waals surface area contributed by atoms with Gasteiger partial charge in [-0.25, -0.2) is 13.6 Å². The number of benzene rings is 1. The zero-order valence-corrected chi connectivity index (χ0v) is 9.69. The van der Waals surface area contributed by atoms with Gasteiger partial charge in [-0.3, -0.25) is 4.79 Å². The second-order valence-corrected chi connectivity index (χ2v) is 4.16. The van der Waals surface area contributed by atoms with Crippen LogP contribution in [0, 0.1) is 29.9 Å². The Morgan fingerprint density at radius 3 is 2.58 bits per heavy atom. The standard InChI is InChI=1S/C13H9F2NO3/c1-2-7-3-12(17)16(6-7)11-5-10(15)9(14)4-8(11)13(18)19/h1,4-5,7H,3,6H2,(H,18,19). The van der Waals surface area contributed by atoms with Gasteiger partial charge in [-0.05, 0) is 6.07 Å². The van der Waals surface area contributed by atoms with Crippen molar-refractivity contribution < 1.29 is 23.5 Å². The minimum absolute atomic E-state index is 0.0640. The molecule has 1 heterocycles. The average molecular weight is 265 g/mol. The summed E-state index contributed by atoms with van der Waals surface area (Å²) in [5.74, 6) is -2.30. The largest absolute Gasteiger partial charge is 0.478 e. The number of amides is 1. The fourth-order valence-electron chi connectivity index (χ4n) is 1.98. The number of anilines is 1. The van der Waals surface area contributed by atoms with E-state index in [2.05, 4.69) is 5.92 Å². The van der Waals surface area contributed by atoms with Crippen molar-refractivity contribution in [3.05, 3.63) is 29.3 Å². The summed E-state index contributed by atoms with van der Waals surface area (Å²) >= 11 is 0. The summed E-state index contributed by atoms with van der Waals surface area (Å²) in [5, 5.41) is 8.98. The van der Waals surface area contributed by atoms with Crippen molar-refractivity contribution >= 4 is 17.6 Å². The third-order valence-electron chi connectivity index (χ3n) is 2.92. The molecule has 0 saturated carbocycles. The Hall–Kier alpha value is -2.42. The fourth-order valence-corrected chi connectivity index (χ4v) is 1.98.